The first kappa shape index (κ1) is 11.9. The van der Waals surface area contributed by atoms with Crippen LogP contribution in [0.5, 0.6) is 0 Å². The molecule has 3 rings (SSSR count). The summed E-state index contributed by atoms with van der Waals surface area (Å²) in [4.78, 5) is 11.5. The summed E-state index contributed by atoms with van der Waals surface area (Å²) in [6, 6.07) is 2.58. The van der Waals surface area contributed by atoms with Crippen molar-refractivity contribution in [2.24, 2.45) is 11.7 Å². The molecule has 2 N–H and O–H groups in total. The first-order valence-corrected chi connectivity index (χ1v) is 7.17. The third-order valence-electron chi connectivity index (χ3n) is 4.41. The van der Waals surface area contributed by atoms with Crippen LogP contribution in [0.1, 0.15) is 44.2 Å². The van der Waals surface area contributed by atoms with Gasteiger partial charge in [0.05, 0.1) is 5.69 Å². The Hall–Kier alpha value is -1.16. The van der Waals surface area contributed by atoms with E-state index in [4.69, 9.17) is 5.73 Å². The Labute approximate surface area is 109 Å². The molecule has 0 amide bonds. The van der Waals surface area contributed by atoms with Gasteiger partial charge in [0.15, 0.2) is 0 Å². The largest absolute Gasteiger partial charge is 0.338 e. The highest BCUT2D eigenvalue weighted by Crippen LogP contribution is 2.36. The van der Waals surface area contributed by atoms with E-state index in [1.165, 1.54) is 38.5 Å². The summed E-state index contributed by atoms with van der Waals surface area (Å²) in [5, 5.41) is 0. The van der Waals surface area contributed by atoms with Crippen molar-refractivity contribution in [3.8, 4) is 0 Å². The first-order valence-electron chi connectivity index (χ1n) is 7.17. The summed E-state index contributed by atoms with van der Waals surface area (Å²) in [5.74, 6) is 1.76. The normalized spacial score (nSPS) is 27.9. The van der Waals surface area contributed by atoms with Crippen molar-refractivity contribution in [2.75, 3.05) is 11.4 Å². The summed E-state index contributed by atoms with van der Waals surface area (Å²) in [6.45, 7) is 1.60. The molecule has 2 atom stereocenters. The van der Waals surface area contributed by atoms with Gasteiger partial charge in [0.1, 0.15) is 0 Å². The average molecular weight is 246 g/mol. The van der Waals surface area contributed by atoms with Crippen LogP contribution in [-0.4, -0.2) is 22.6 Å². The highest BCUT2D eigenvalue weighted by molar-refractivity contribution is 5.33. The molecule has 0 bridgehead atoms. The topological polar surface area (TPSA) is 55.0 Å². The standard InChI is InChI=1S/C14H22N4/c15-10-12-7-8-16-14(17-12)18-9-3-5-11-4-1-2-6-13(11)18/h7-8,11,13H,1-6,9-10,15H2. The molecule has 2 unspecified atom stereocenters. The highest BCUT2D eigenvalue weighted by atomic mass is 15.3. The molecule has 4 nitrogen and oxygen atoms in total. The van der Waals surface area contributed by atoms with Crippen molar-refractivity contribution >= 4 is 5.95 Å². The number of anilines is 1. The van der Waals surface area contributed by atoms with Crippen molar-refractivity contribution < 1.29 is 0 Å². The van der Waals surface area contributed by atoms with E-state index >= 15 is 0 Å². The zero-order valence-electron chi connectivity index (χ0n) is 10.9. The van der Waals surface area contributed by atoms with E-state index in [0.717, 1.165) is 24.1 Å². The maximum absolute atomic E-state index is 5.67. The molecule has 1 aliphatic carbocycles. The van der Waals surface area contributed by atoms with E-state index in [1.54, 1.807) is 0 Å². The summed E-state index contributed by atoms with van der Waals surface area (Å²) in [6.07, 6.45) is 9.96. The van der Waals surface area contributed by atoms with Crippen LogP contribution in [0, 0.1) is 5.92 Å². The van der Waals surface area contributed by atoms with E-state index in [2.05, 4.69) is 14.9 Å². The number of nitrogens with two attached hydrogens (primary N) is 1. The lowest BCUT2D eigenvalue weighted by atomic mass is 9.78. The van der Waals surface area contributed by atoms with Crippen LogP contribution in [0.15, 0.2) is 12.3 Å². The molecule has 2 aliphatic rings. The molecule has 1 saturated heterocycles. The van der Waals surface area contributed by atoms with Crippen molar-refractivity contribution in [1.82, 2.24) is 9.97 Å². The summed E-state index contributed by atoms with van der Waals surface area (Å²) < 4.78 is 0. The fourth-order valence-corrected chi connectivity index (χ4v) is 3.51. The third kappa shape index (κ3) is 2.21. The monoisotopic (exact) mass is 246 g/mol. The smallest absolute Gasteiger partial charge is 0.225 e. The van der Waals surface area contributed by atoms with Crippen LogP contribution in [0.3, 0.4) is 0 Å². The van der Waals surface area contributed by atoms with Crippen LogP contribution in [0.4, 0.5) is 5.95 Å². The van der Waals surface area contributed by atoms with Crippen molar-refractivity contribution in [2.45, 2.75) is 51.1 Å². The molecule has 4 heteroatoms. The van der Waals surface area contributed by atoms with E-state index in [-0.39, 0.29) is 0 Å². The minimum absolute atomic E-state index is 0.497. The van der Waals surface area contributed by atoms with Crippen LogP contribution in [0.25, 0.3) is 0 Å². The van der Waals surface area contributed by atoms with E-state index in [1.807, 2.05) is 12.3 Å². The fourth-order valence-electron chi connectivity index (χ4n) is 3.51. The molecule has 1 aromatic heterocycles. The lowest BCUT2D eigenvalue weighted by molar-refractivity contribution is 0.241. The minimum atomic E-state index is 0.497. The van der Waals surface area contributed by atoms with Gasteiger partial charge in [-0.2, -0.15) is 0 Å². The fraction of sp³-hybridized carbons (Fsp3) is 0.714. The predicted molar refractivity (Wildman–Crippen MR) is 72.2 cm³/mol. The highest BCUT2D eigenvalue weighted by Gasteiger charge is 2.34. The van der Waals surface area contributed by atoms with Gasteiger partial charge < -0.3 is 10.6 Å². The number of nitrogens with zero attached hydrogens (tertiary/aromatic N) is 3. The summed E-state index contributed by atoms with van der Waals surface area (Å²) in [5.41, 5.74) is 6.61. The second-order valence-corrected chi connectivity index (χ2v) is 5.50. The van der Waals surface area contributed by atoms with Crippen molar-refractivity contribution in [1.29, 1.82) is 0 Å². The molecular weight excluding hydrogens is 224 g/mol. The van der Waals surface area contributed by atoms with Crippen LogP contribution >= 0.6 is 0 Å². The zero-order valence-corrected chi connectivity index (χ0v) is 10.9. The lowest BCUT2D eigenvalue weighted by Gasteiger charge is -2.44. The molecule has 2 heterocycles. The van der Waals surface area contributed by atoms with E-state index in [9.17, 15) is 0 Å². The van der Waals surface area contributed by atoms with Gasteiger partial charge in [-0.15, -0.1) is 0 Å². The second-order valence-electron chi connectivity index (χ2n) is 5.50. The molecule has 2 fully saturated rings. The molecule has 18 heavy (non-hydrogen) atoms. The number of piperidine rings is 1. The lowest BCUT2D eigenvalue weighted by Crippen LogP contribution is -2.47. The van der Waals surface area contributed by atoms with Crippen molar-refractivity contribution in [3.63, 3.8) is 0 Å². The Morgan fingerprint density at radius 3 is 2.94 bits per heavy atom. The minimum Gasteiger partial charge on any atom is -0.338 e. The van der Waals surface area contributed by atoms with Crippen molar-refractivity contribution in [3.05, 3.63) is 18.0 Å². The van der Waals surface area contributed by atoms with Crippen LogP contribution in [0.2, 0.25) is 0 Å². The number of hydrogen-bond acceptors (Lipinski definition) is 4. The quantitative estimate of drug-likeness (QED) is 0.868. The Kier molecular flexibility index (Phi) is 3.46. The number of hydrogen-bond donors (Lipinski definition) is 1. The maximum atomic E-state index is 5.67. The Morgan fingerprint density at radius 1 is 1.22 bits per heavy atom. The number of fused-ring (bicyclic) bond motifs is 1. The van der Waals surface area contributed by atoms with Gasteiger partial charge in [0.25, 0.3) is 0 Å². The Bertz CT molecular complexity index is 405. The SMILES string of the molecule is NCc1ccnc(N2CCCC3CCCCC32)n1. The van der Waals surface area contributed by atoms with Gasteiger partial charge in [-0.25, -0.2) is 9.97 Å². The average Bonchev–Trinajstić information content (AvgIpc) is 2.47. The second kappa shape index (κ2) is 5.22. The van der Waals surface area contributed by atoms with Crippen LogP contribution < -0.4 is 10.6 Å². The molecule has 1 aliphatic heterocycles. The third-order valence-corrected chi connectivity index (χ3v) is 4.41. The van der Waals surface area contributed by atoms with Crippen LogP contribution in [-0.2, 0) is 6.54 Å². The Morgan fingerprint density at radius 2 is 2.06 bits per heavy atom. The van der Waals surface area contributed by atoms with E-state index in [0.29, 0.717) is 12.6 Å². The maximum Gasteiger partial charge on any atom is 0.225 e. The molecule has 0 radical (unpaired) electrons. The first-order chi connectivity index (χ1) is 8.88. The van der Waals surface area contributed by atoms with Gasteiger partial charge in [0, 0.05) is 25.3 Å². The predicted octanol–water partition coefficient (Wildman–Crippen LogP) is 2.09. The molecule has 0 aromatic carbocycles. The molecular formula is C14H22N4. The molecule has 98 valence electrons. The molecule has 0 spiro atoms. The van der Waals surface area contributed by atoms with Gasteiger partial charge in [-0.1, -0.05) is 12.8 Å². The summed E-state index contributed by atoms with van der Waals surface area (Å²) in [7, 11) is 0. The van der Waals surface area contributed by atoms with Gasteiger partial charge >= 0.3 is 0 Å². The number of rotatable bonds is 2. The van der Waals surface area contributed by atoms with E-state index < -0.39 is 0 Å². The van der Waals surface area contributed by atoms with Gasteiger partial charge in [-0.05, 0) is 37.7 Å². The van der Waals surface area contributed by atoms with Gasteiger partial charge in [0.2, 0.25) is 5.95 Å². The summed E-state index contributed by atoms with van der Waals surface area (Å²) >= 11 is 0. The van der Waals surface area contributed by atoms with Gasteiger partial charge in [-0.3, -0.25) is 0 Å². The molecule has 1 aromatic rings. The zero-order chi connectivity index (χ0) is 12.4. The Balaban J connectivity index is 1.84. The molecule has 1 saturated carbocycles. The number of aromatic nitrogens is 2.